The van der Waals surface area contributed by atoms with Gasteiger partial charge in [0.25, 0.3) is 0 Å². The van der Waals surface area contributed by atoms with Crippen LogP contribution in [0.3, 0.4) is 0 Å². The van der Waals surface area contributed by atoms with Gasteiger partial charge in [0.1, 0.15) is 17.6 Å². The zero-order valence-corrected chi connectivity index (χ0v) is 24.5. The highest BCUT2D eigenvalue weighted by Gasteiger charge is 2.44. The SMILES string of the molecule is C=C[C@H]1CN2CC[C@H]1C[C@H]2[C@H](OC(=O)c1ccccc1)c1cc[n+](/C([O-])=C/c2ccc(OC)cc2)c2ccc(OC)cc12. The van der Waals surface area contributed by atoms with E-state index < -0.39 is 6.10 Å². The lowest BCUT2D eigenvalue weighted by molar-refractivity contribution is -0.627. The maximum atomic E-state index is 13.6. The van der Waals surface area contributed by atoms with Gasteiger partial charge in [0.05, 0.1) is 31.2 Å². The molecule has 3 aliphatic rings. The van der Waals surface area contributed by atoms with Gasteiger partial charge in [-0.05, 0) is 73.2 Å². The molecule has 7 rings (SSSR count). The van der Waals surface area contributed by atoms with Gasteiger partial charge < -0.3 is 19.3 Å². The van der Waals surface area contributed by atoms with E-state index in [4.69, 9.17) is 14.2 Å². The summed E-state index contributed by atoms with van der Waals surface area (Å²) in [6, 6.07) is 24.0. The van der Waals surface area contributed by atoms with Gasteiger partial charge in [-0.25, -0.2) is 4.79 Å². The third-order valence-corrected chi connectivity index (χ3v) is 8.87. The smallest absolute Gasteiger partial charge is 0.338 e. The Morgan fingerprint density at radius 3 is 2.44 bits per heavy atom. The van der Waals surface area contributed by atoms with E-state index in [1.807, 2.05) is 66.7 Å². The lowest BCUT2D eigenvalue weighted by atomic mass is 9.73. The minimum absolute atomic E-state index is 0.00516. The number of methoxy groups -OCH3 is 2. The van der Waals surface area contributed by atoms with E-state index in [0.717, 1.165) is 48.2 Å². The van der Waals surface area contributed by atoms with E-state index in [2.05, 4.69) is 17.6 Å². The van der Waals surface area contributed by atoms with Crippen LogP contribution in [0.1, 0.15) is 40.4 Å². The molecule has 3 saturated heterocycles. The Morgan fingerprint density at radius 2 is 1.77 bits per heavy atom. The molecule has 3 aromatic carbocycles. The van der Waals surface area contributed by atoms with Gasteiger partial charge in [-0.15, -0.1) is 6.58 Å². The minimum atomic E-state index is -0.550. The van der Waals surface area contributed by atoms with Crippen molar-refractivity contribution in [3.8, 4) is 11.5 Å². The first-order valence-corrected chi connectivity index (χ1v) is 14.7. The second-order valence-corrected chi connectivity index (χ2v) is 11.2. The average Bonchev–Trinajstić information content (AvgIpc) is 3.07. The third kappa shape index (κ3) is 5.73. The molecule has 3 aliphatic heterocycles. The second-order valence-electron chi connectivity index (χ2n) is 11.2. The molecule has 0 aliphatic carbocycles. The standard InChI is InChI=1S/C36H36N2O5/c1-4-25-23-37-18-16-27(25)21-33(37)35(43-36(40)26-8-6-5-7-9-26)30-17-19-38(32-15-14-29(42-3)22-31(30)32)34(39)20-24-10-12-28(41-2)13-11-24/h4-15,17,19-20,22,25,27,33,35H,1,16,18,21,23H2,2-3H3/b34-20-/t25-,27-,33-,35+/m0/s1. The van der Waals surface area contributed by atoms with Crippen LogP contribution in [0.5, 0.6) is 11.5 Å². The van der Waals surface area contributed by atoms with Crippen molar-refractivity contribution in [2.24, 2.45) is 11.8 Å². The Balaban J connectivity index is 1.45. The monoisotopic (exact) mass is 576 g/mol. The topological polar surface area (TPSA) is 74.9 Å². The summed E-state index contributed by atoms with van der Waals surface area (Å²) in [7, 11) is 3.23. The van der Waals surface area contributed by atoms with Crippen LogP contribution in [-0.2, 0) is 4.74 Å². The number of benzene rings is 3. The fraction of sp³-hybridized carbons (Fsp3) is 0.278. The zero-order chi connectivity index (χ0) is 29.9. The Kier molecular flexibility index (Phi) is 8.16. The highest BCUT2D eigenvalue weighted by Crippen LogP contribution is 2.44. The predicted molar refractivity (Wildman–Crippen MR) is 164 cm³/mol. The number of fused-ring (bicyclic) bond motifs is 4. The van der Waals surface area contributed by atoms with Crippen molar-refractivity contribution in [2.75, 3.05) is 27.3 Å². The Morgan fingerprint density at radius 1 is 1.02 bits per heavy atom. The second kappa shape index (κ2) is 12.3. The van der Waals surface area contributed by atoms with Crippen LogP contribution >= 0.6 is 0 Å². The fourth-order valence-electron chi connectivity index (χ4n) is 6.56. The summed E-state index contributed by atoms with van der Waals surface area (Å²) in [5.74, 6) is 1.73. The molecule has 7 nitrogen and oxygen atoms in total. The van der Waals surface area contributed by atoms with Crippen molar-refractivity contribution in [2.45, 2.75) is 25.0 Å². The molecule has 1 aromatic heterocycles. The number of carbonyl (C=O) groups excluding carboxylic acids is 1. The molecule has 4 heterocycles. The first-order chi connectivity index (χ1) is 21.0. The number of hydrogen-bond donors (Lipinski definition) is 0. The van der Waals surface area contributed by atoms with Gasteiger partial charge in [-0.1, -0.05) is 36.4 Å². The van der Waals surface area contributed by atoms with Gasteiger partial charge in [-0.2, -0.15) is 4.57 Å². The molecular formula is C36H36N2O5. The number of aromatic nitrogens is 1. The van der Waals surface area contributed by atoms with Crippen molar-refractivity contribution < 1.29 is 28.7 Å². The average molecular weight is 577 g/mol. The highest BCUT2D eigenvalue weighted by molar-refractivity contribution is 5.90. The summed E-state index contributed by atoms with van der Waals surface area (Å²) >= 11 is 0. The van der Waals surface area contributed by atoms with Crippen LogP contribution in [0.4, 0.5) is 0 Å². The first kappa shape index (κ1) is 28.5. The molecule has 43 heavy (non-hydrogen) atoms. The molecule has 0 saturated carbocycles. The van der Waals surface area contributed by atoms with Gasteiger partial charge in [0.15, 0.2) is 12.1 Å². The Labute approximate surface area is 252 Å². The van der Waals surface area contributed by atoms with E-state index in [0.29, 0.717) is 28.7 Å². The van der Waals surface area contributed by atoms with Crippen molar-refractivity contribution in [3.05, 3.63) is 114 Å². The Hall–Kier alpha value is -4.62. The minimum Gasteiger partial charge on any atom is -0.823 e. The summed E-state index contributed by atoms with van der Waals surface area (Å²) in [6.07, 6.45) is 6.88. The molecule has 4 aromatic rings. The van der Waals surface area contributed by atoms with Crippen molar-refractivity contribution in [3.63, 3.8) is 0 Å². The number of piperidine rings is 3. The molecule has 1 unspecified atom stereocenters. The van der Waals surface area contributed by atoms with Crippen LogP contribution in [-0.4, -0.2) is 44.2 Å². The maximum Gasteiger partial charge on any atom is 0.338 e. The number of esters is 1. The highest BCUT2D eigenvalue weighted by atomic mass is 16.5. The number of carbonyl (C=O) groups is 1. The van der Waals surface area contributed by atoms with E-state index in [1.165, 1.54) is 0 Å². The normalized spacial score (nSPS) is 22.1. The zero-order valence-electron chi connectivity index (χ0n) is 24.5. The molecule has 2 bridgehead atoms. The van der Waals surface area contributed by atoms with Crippen LogP contribution < -0.4 is 19.1 Å². The summed E-state index contributed by atoms with van der Waals surface area (Å²) in [5, 5.41) is 14.4. The van der Waals surface area contributed by atoms with Crippen molar-refractivity contribution >= 4 is 28.8 Å². The molecule has 0 amide bonds. The summed E-state index contributed by atoms with van der Waals surface area (Å²) in [4.78, 5) is 16.0. The van der Waals surface area contributed by atoms with Crippen LogP contribution in [0.15, 0.2) is 97.7 Å². The van der Waals surface area contributed by atoms with Crippen LogP contribution in [0.2, 0.25) is 0 Å². The lowest BCUT2D eigenvalue weighted by Gasteiger charge is -2.51. The van der Waals surface area contributed by atoms with Gasteiger partial charge in [0.2, 0.25) is 5.52 Å². The molecule has 0 radical (unpaired) electrons. The molecular weight excluding hydrogens is 540 g/mol. The molecule has 7 heteroatoms. The first-order valence-electron chi connectivity index (χ1n) is 14.7. The van der Waals surface area contributed by atoms with Crippen molar-refractivity contribution in [1.82, 2.24) is 4.90 Å². The van der Waals surface area contributed by atoms with Gasteiger partial charge >= 0.3 is 5.97 Å². The van der Waals surface area contributed by atoms with Gasteiger partial charge in [-0.3, -0.25) is 4.90 Å². The number of nitrogens with zero attached hydrogens (tertiary/aromatic N) is 2. The third-order valence-electron chi connectivity index (χ3n) is 8.87. The fourth-order valence-corrected chi connectivity index (χ4v) is 6.56. The number of rotatable bonds is 9. The van der Waals surface area contributed by atoms with Crippen molar-refractivity contribution in [1.29, 1.82) is 0 Å². The summed E-state index contributed by atoms with van der Waals surface area (Å²) < 4.78 is 18.9. The molecule has 220 valence electrons. The molecule has 5 atom stereocenters. The van der Waals surface area contributed by atoms with E-state index in [9.17, 15) is 9.90 Å². The number of hydrogen-bond acceptors (Lipinski definition) is 6. The quantitative estimate of drug-likeness (QED) is 0.117. The molecule has 3 fully saturated rings. The summed E-state index contributed by atoms with van der Waals surface area (Å²) in [6.45, 7) is 5.91. The van der Waals surface area contributed by atoms with E-state index in [-0.39, 0.29) is 17.9 Å². The van der Waals surface area contributed by atoms with Gasteiger partial charge in [0, 0.05) is 30.3 Å². The number of ether oxygens (including phenoxy) is 3. The molecule has 0 spiro atoms. The van der Waals surface area contributed by atoms with Crippen LogP contribution in [0.25, 0.3) is 22.9 Å². The maximum absolute atomic E-state index is 13.6. The molecule has 0 N–H and O–H groups in total. The van der Waals surface area contributed by atoms with Crippen LogP contribution in [0, 0.1) is 11.8 Å². The predicted octanol–water partition coefficient (Wildman–Crippen LogP) is 5.25. The summed E-state index contributed by atoms with van der Waals surface area (Å²) in [5.41, 5.74) is 2.82. The number of pyridine rings is 1. The van der Waals surface area contributed by atoms with E-state index >= 15 is 0 Å². The Bertz CT molecular complexity index is 1650. The largest absolute Gasteiger partial charge is 0.823 e. The van der Waals surface area contributed by atoms with E-state index in [1.54, 1.807) is 43.2 Å². The lowest BCUT2D eigenvalue weighted by Crippen LogP contribution is -2.55.